The van der Waals surface area contributed by atoms with E-state index < -0.39 is 11.9 Å². The van der Waals surface area contributed by atoms with Gasteiger partial charge in [0.15, 0.2) is 0 Å². The number of likely N-dealkylation sites (tertiary alicyclic amines) is 1. The molecule has 1 heterocycles. The molecule has 0 bridgehead atoms. The number of carbonyl (C=O) groups is 2. The van der Waals surface area contributed by atoms with E-state index in [9.17, 15) is 9.59 Å². The second-order valence-electron chi connectivity index (χ2n) is 3.90. The summed E-state index contributed by atoms with van der Waals surface area (Å²) < 4.78 is 0. The topological polar surface area (TPSA) is 63.4 Å². The van der Waals surface area contributed by atoms with Crippen LogP contribution in [-0.2, 0) is 9.59 Å². The summed E-state index contributed by atoms with van der Waals surface area (Å²) in [5.41, 5.74) is 5.27. The van der Waals surface area contributed by atoms with Crippen LogP contribution in [0.1, 0.15) is 19.8 Å². The molecular formula is C10H18N2O2S. The zero-order valence-electron chi connectivity index (χ0n) is 9.23. The number of nitrogens with two attached hydrogens (primary N) is 1. The van der Waals surface area contributed by atoms with Crippen molar-refractivity contribution in [3.05, 3.63) is 0 Å². The van der Waals surface area contributed by atoms with Crippen LogP contribution < -0.4 is 5.73 Å². The molecule has 0 unspecified atom stereocenters. The Kier molecular flexibility index (Phi) is 4.45. The molecule has 4 nitrogen and oxygen atoms in total. The van der Waals surface area contributed by atoms with Crippen molar-refractivity contribution >= 4 is 23.6 Å². The molecule has 5 heteroatoms. The molecule has 1 saturated heterocycles. The van der Waals surface area contributed by atoms with E-state index in [0.29, 0.717) is 25.3 Å². The Morgan fingerprint density at radius 2 is 2.40 bits per heavy atom. The monoisotopic (exact) mass is 230 g/mol. The Balaban J connectivity index is 2.63. The van der Waals surface area contributed by atoms with Gasteiger partial charge >= 0.3 is 0 Å². The highest BCUT2D eigenvalue weighted by Crippen LogP contribution is 2.23. The van der Waals surface area contributed by atoms with E-state index in [-0.39, 0.29) is 5.91 Å². The van der Waals surface area contributed by atoms with Crippen LogP contribution in [0.25, 0.3) is 0 Å². The first kappa shape index (κ1) is 12.4. The summed E-state index contributed by atoms with van der Waals surface area (Å²) in [5.74, 6) is 1.02. The summed E-state index contributed by atoms with van der Waals surface area (Å²) in [6.45, 7) is 2.56. The van der Waals surface area contributed by atoms with Crippen molar-refractivity contribution in [2.75, 3.05) is 18.6 Å². The van der Waals surface area contributed by atoms with Crippen LogP contribution in [0.15, 0.2) is 0 Å². The van der Waals surface area contributed by atoms with Crippen molar-refractivity contribution in [1.82, 2.24) is 4.90 Å². The smallest absolute Gasteiger partial charge is 0.240 e. The Labute approximate surface area is 94.6 Å². The number of hydrogen-bond acceptors (Lipinski definition) is 3. The van der Waals surface area contributed by atoms with E-state index in [1.807, 2.05) is 13.2 Å². The van der Waals surface area contributed by atoms with Crippen LogP contribution >= 0.6 is 11.8 Å². The van der Waals surface area contributed by atoms with Gasteiger partial charge in [-0.05, 0) is 24.3 Å². The third-order valence-electron chi connectivity index (χ3n) is 2.73. The van der Waals surface area contributed by atoms with Crippen molar-refractivity contribution < 1.29 is 9.59 Å². The van der Waals surface area contributed by atoms with Crippen LogP contribution in [0, 0.1) is 5.92 Å². The first-order valence-electron chi connectivity index (χ1n) is 5.17. The minimum Gasteiger partial charge on any atom is -0.368 e. The predicted molar refractivity (Wildman–Crippen MR) is 61.5 cm³/mol. The van der Waals surface area contributed by atoms with Gasteiger partial charge in [0.05, 0.1) is 0 Å². The second-order valence-corrected chi connectivity index (χ2v) is 4.81. The third-order valence-corrected chi connectivity index (χ3v) is 3.54. The average Bonchev–Trinajstić information content (AvgIpc) is 2.49. The molecule has 0 aromatic carbocycles. The number of carbonyl (C=O) groups excluding carboxylic acids is 2. The molecule has 1 aliphatic heterocycles. The molecule has 2 atom stereocenters. The van der Waals surface area contributed by atoms with Crippen LogP contribution in [0.2, 0.25) is 0 Å². The maximum Gasteiger partial charge on any atom is 0.240 e. The van der Waals surface area contributed by atoms with Crippen molar-refractivity contribution in [3.8, 4) is 0 Å². The summed E-state index contributed by atoms with van der Waals surface area (Å²) in [5, 5.41) is 0. The Morgan fingerprint density at radius 1 is 1.73 bits per heavy atom. The highest BCUT2D eigenvalue weighted by atomic mass is 32.2. The number of primary amides is 1. The summed E-state index contributed by atoms with van der Waals surface area (Å²) in [7, 11) is 0. The minimum absolute atomic E-state index is 0.0692. The standard InChI is InChI=1S/C10H18N2O2S/c1-3-8(10(11)14)12-5-7(6-15-2)4-9(12)13/h7-8H,3-6H2,1-2H3,(H2,11,14)/t7-,8+/m1/s1. The summed E-state index contributed by atoms with van der Waals surface area (Å²) in [4.78, 5) is 24.5. The zero-order chi connectivity index (χ0) is 11.4. The van der Waals surface area contributed by atoms with Crippen LogP contribution in [0.4, 0.5) is 0 Å². The highest BCUT2D eigenvalue weighted by molar-refractivity contribution is 7.98. The lowest BCUT2D eigenvalue weighted by Crippen LogP contribution is -2.45. The molecule has 86 valence electrons. The Morgan fingerprint density at radius 3 is 2.87 bits per heavy atom. The molecule has 0 spiro atoms. The molecule has 0 aromatic rings. The number of nitrogens with zero attached hydrogens (tertiary/aromatic N) is 1. The molecule has 15 heavy (non-hydrogen) atoms. The molecule has 1 aliphatic rings. The van der Waals surface area contributed by atoms with Gasteiger partial charge in [-0.2, -0.15) is 11.8 Å². The number of amides is 2. The van der Waals surface area contributed by atoms with Gasteiger partial charge in [0.25, 0.3) is 0 Å². The predicted octanol–water partition coefficient (Wildman–Crippen LogP) is 0.462. The SMILES string of the molecule is CC[C@@H](C(N)=O)N1C[C@H](CSC)CC1=O. The van der Waals surface area contributed by atoms with Crippen LogP contribution in [-0.4, -0.2) is 41.3 Å². The second kappa shape index (κ2) is 5.39. The number of hydrogen-bond donors (Lipinski definition) is 1. The van der Waals surface area contributed by atoms with Gasteiger partial charge in [-0.3, -0.25) is 9.59 Å². The molecule has 2 amide bonds. The maximum atomic E-state index is 11.7. The van der Waals surface area contributed by atoms with Gasteiger partial charge < -0.3 is 10.6 Å². The van der Waals surface area contributed by atoms with E-state index in [4.69, 9.17) is 5.73 Å². The highest BCUT2D eigenvalue weighted by Gasteiger charge is 2.35. The molecule has 0 radical (unpaired) electrons. The fourth-order valence-corrected chi connectivity index (χ4v) is 2.73. The first-order chi connectivity index (χ1) is 7.10. The molecule has 0 saturated carbocycles. The first-order valence-corrected chi connectivity index (χ1v) is 6.57. The Bertz CT molecular complexity index is 258. The summed E-state index contributed by atoms with van der Waals surface area (Å²) in [6.07, 6.45) is 3.19. The molecule has 0 aliphatic carbocycles. The molecule has 2 N–H and O–H groups in total. The van der Waals surface area contributed by atoms with E-state index in [2.05, 4.69) is 0 Å². The molecule has 0 aromatic heterocycles. The number of rotatable bonds is 5. The molecule has 1 fully saturated rings. The van der Waals surface area contributed by atoms with Gasteiger partial charge in [-0.1, -0.05) is 6.92 Å². The lowest BCUT2D eigenvalue weighted by atomic mass is 10.1. The van der Waals surface area contributed by atoms with E-state index in [0.717, 1.165) is 5.75 Å². The summed E-state index contributed by atoms with van der Waals surface area (Å²) in [6, 6.07) is -0.413. The third kappa shape index (κ3) is 2.87. The maximum absolute atomic E-state index is 11.7. The lowest BCUT2D eigenvalue weighted by Gasteiger charge is -2.24. The van der Waals surface area contributed by atoms with Gasteiger partial charge in [0, 0.05) is 13.0 Å². The molecular weight excluding hydrogens is 212 g/mol. The fraction of sp³-hybridized carbons (Fsp3) is 0.800. The Hall–Kier alpha value is -0.710. The largest absolute Gasteiger partial charge is 0.368 e. The summed E-state index contributed by atoms with van der Waals surface area (Å²) >= 11 is 1.74. The van der Waals surface area contributed by atoms with E-state index >= 15 is 0 Å². The quantitative estimate of drug-likeness (QED) is 0.746. The van der Waals surface area contributed by atoms with Crippen molar-refractivity contribution in [2.45, 2.75) is 25.8 Å². The molecule has 1 rings (SSSR count). The average molecular weight is 230 g/mol. The van der Waals surface area contributed by atoms with Gasteiger partial charge in [-0.25, -0.2) is 0 Å². The van der Waals surface area contributed by atoms with Crippen LogP contribution in [0.5, 0.6) is 0 Å². The fourth-order valence-electron chi connectivity index (χ4n) is 2.03. The number of thioether (sulfide) groups is 1. The van der Waals surface area contributed by atoms with Crippen molar-refractivity contribution in [2.24, 2.45) is 11.7 Å². The van der Waals surface area contributed by atoms with Crippen molar-refractivity contribution in [1.29, 1.82) is 0 Å². The van der Waals surface area contributed by atoms with Gasteiger partial charge in [-0.15, -0.1) is 0 Å². The van der Waals surface area contributed by atoms with E-state index in [1.54, 1.807) is 16.7 Å². The van der Waals surface area contributed by atoms with E-state index in [1.165, 1.54) is 0 Å². The van der Waals surface area contributed by atoms with Gasteiger partial charge in [0.1, 0.15) is 6.04 Å². The van der Waals surface area contributed by atoms with Crippen molar-refractivity contribution in [3.63, 3.8) is 0 Å². The van der Waals surface area contributed by atoms with Crippen LogP contribution in [0.3, 0.4) is 0 Å². The lowest BCUT2D eigenvalue weighted by molar-refractivity contribution is -0.136. The normalized spacial score (nSPS) is 23.2. The minimum atomic E-state index is -0.413. The van der Waals surface area contributed by atoms with Gasteiger partial charge in [0.2, 0.25) is 11.8 Å². The zero-order valence-corrected chi connectivity index (χ0v) is 10.0.